The summed E-state index contributed by atoms with van der Waals surface area (Å²) in [6.45, 7) is 0. The summed E-state index contributed by atoms with van der Waals surface area (Å²) in [6.07, 6.45) is 4.31. The van der Waals surface area contributed by atoms with Crippen LogP contribution in [0.2, 0.25) is 0 Å². The number of carbonyl (C=O) groups excluding carboxylic acids is 1. The highest BCUT2D eigenvalue weighted by atomic mass is 16.1. The zero-order valence-electron chi connectivity index (χ0n) is 4.61. The molecular weight excluding hydrogens is 116 g/mol. The van der Waals surface area contributed by atoms with Crippen LogP contribution < -0.4 is 0 Å². The molecule has 0 atom stereocenters. The van der Waals surface area contributed by atoms with Crippen molar-refractivity contribution in [1.29, 1.82) is 0 Å². The van der Waals surface area contributed by atoms with E-state index in [-0.39, 0.29) is 0 Å². The van der Waals surface area contributed by atoms with Gasteiger partial charge in [-0.05, 0) is 6.07 Å². The zero-order chi connectivity index (χ0) is 6.53. The first-order valence-electron chi connectivity index (χ1n) is 2.41. The minimum Gasteiger partial charge on any atom is -0.236 e. The van der Waals surface area contributed by atoms with Gasteiger partial charge in [-0.25, -0.2) is 14.8 Å². The van der Waals surface area contributed by atoms with Crippen LogP contribution in [0.15, 0.2) is 18.5 Å². The molecule has 1 rings (SSSR count). The molecule has 0 aliphatic rings. The van der Waals surface area contributed by atoms with Crippen LogP contribution in [0.4, 0.5) is 0 Å². The minimum absolute atomic E-state index is 0.396. The van der Waals surface area contributed by atoms with Gasteiger partial charge >= 0.3 is 0 Å². The normalized spacial score (nSPS) is 8.00. The highest BCUT2D eigenvalue weighted by Crippen LogP contribution is 1.85. The summed E-state index contributed by atoms with van der Waals surface area (Å²) in [4.78, 5) is 17.2. The van der Waals surface area contributed by atoms with E-state index in [2.05, 4.69) is 9.97 Å². The molecule has 0 saturated heterocycles. The van der Waals surface area contributed by atoms with Gasteiger partial charge in [-0.3, -0.25) is 0 Å². The quantitative estimate of drug-likeness (QED) is 0.501. The third-order valence-corrected chi connectivity index (χ3v) is 0.774. The molecule has 0 saturated carbocycles. The summed E-state index contributed by atoms with van der Waals surface area (Å²) in [7, 11) is 0. The van der Waals surface area contributed by atoms with E-state index in [4.69, 9.17) is 0 Å². The van der Waals surface area contributed by atoms with Crippen molar-refractivity contribution in [3.05, 3.63) is 24.3 Å². The maximum Gasteiger partial charge on any atom is 0.162 e. The Morgan fingerprint density at radius 3 is 2.67 bits per heavy atom. The fourth-order valence-corrected chi connectivity index (χ4v) is 0.438. The first-order chi connectivity index (χ1) is 4.43. The molecular formula is C6H4N2O. The van der Waals surface area contributed by atoms with Crippen LogP contribution in [0.3, 0.4) is 0 Å². The van der Waals surface area contributed by atoms with E-state index in [1.165, 1.54) is 6.08 Å². The molecule has 44 valence electrons. The SMILES string of the molecule is O=C=Cc1ncccn1. The van der Waals surface area contributed by atoms with Crippen molar-refractivity contribution in [2.45, 2.75) is 0 Å². The second-order valence-electron chi connectivity index (χ2n) is 1.37. The number of hydrogen-bond acceptors (Lipinski definition) is 3. The number of rotatable bonds is 1. The van der Waals surface area contributed by atoms with E-state index in [1.54, 1.807) is 24.4 Å². The Morgan fingerprint density at radius 2 is 2.11 bits per heavy atom. The molecule has 1 aromatic rings. The van der Waals surface area contributed by atoms with Crippen molar-refractivity contribution in [2.24, 2.45) is 0 Å². The van der Waals surface area contributed by atoms with Gasteiger partial charge in [0.25, 0.3) is 0 Å². The third-order valence-electron chi connectivity index (χ3n) is 0.774. The molecule has 0 N–H and O–H groups in total. The van der Waals surface area contributed by atoms with E-state index in [0.29, 0.717) is 5.82 Å². The summed E-state index contributed by atoms with van der Waals surface area (Å²) >= 11 is 0. The number of hydrogen-bond donors (Lipinski definition) is 0. The van der Waals surface area contributed by atoms with E-state index < -0.39 is 0 Å². The molecule has 0 aliphatic carbocycles. The van der Waals surface area contributed by atoms with Crippen molar-refractivity contribution in [3.8, 4) is 0 Å². The largest absolute Gasteiger partial charge is 0.236 e. The third kappa shape index (κ3) is 1.48. The predicted octanol–water partition coefficient (Wildman–Crippen LogP) is 0.321. The van der Waals surface area contributed by atoms with Gasteiger partial charge in [-0.15, -0.1) is 0 Å². The lowest BCUT2D eigenvalue weighted by Gasteiger charge is -1.82. The van der Waals surface area contributed by atoms with Crippen LogP contribution in [0.25, 0.3) is 6.08 Å². The number of nitrogens with zero attached hydrogens (tertiary/aromatic N) is 2. The lowest BCUT2D eigenvalue weighted by Crippen LogP contribution is -1.82. The highest BCUT2D eigenvalue weighted by Gasteiger charge is 1.82. The Hall–Kier alpha value is -1.47. The van der Waals surface area contributed by atoms with Gasteiger partial charge in [0.05, 0.1) is 6.08 Å². The van der Waals surface area contributed by atoms with E-state index in [1.807, 2.05) is 0 Å². The monoisotopic (exact) mass is 120 g/mol. The maximum atomic E-state index is 9.71. The summed E-state index contributed by atoms with van der Waals surface area (Å²) in [5.41, 5.74) is 0. The Bertz CT molecular complexity index is 226. The lowest BCUT2D eigenvalue weighted by atomic mass is 10.5. The molecule has 1 heterocycles. The fourth-order valence-electron chi connectivity index (χ4n) is 0.438. The van der Waals surface area contributed by atoms with Gasteiger partial charge in [0.1, 0.15) is 5.94 Å². The lowest BCUT2D eigenvalue weighted by molar-refractivity contribution is 0.570. The summed E-state index contributed by atoms with van der Waals surface area (Å²) in [6, 6.07) is 1.68. The molecule has 0 aromatic carbocycles. The van der Waals surface area contributed by atoms with Gasteiger partial charge in [-0.2, -0.15) is 0 Å². The van der Waals surface area contributed by atoms with Gasteiger partial charge in [0.15, 0.2) is 5.82 Å². The summed E-state index contributed by atoms with van der Waals surface area (Å²) < 4.78 is 0. The topological polar surface area (TPSA) is 42.9 Å². The second kappa shape index (κ2) is 2.74. The first kappa shape index (κ1) is 5.66. The zero-order valence-corrected chi connectivity index (χ0v) is 4.61. The highest BCUT2D eigenvalue weighted by molar-refractivity contribution is 5.71. The van der Waals surface area contributed by atoms with E-state index >= 15 is 0 Å². The van der Waals surface area contributed by atoms with E-state index in [0.717, 1.165) is 0 Å². The Kier molecular flexibility index (Phi) is 1.73. The molecule has 0 bridgehead atoms. The van der Waals surface area contributed by atoms with E-state index in [9.17, 15) is 4.79 Å². The van der Waals surface area contributed by atoms with Crippen molar-refractivity contribution in [1.82, 2.24) is 9.97 Å². The van der Waals surface area contributed by atoms with Crippen molar-refractivity contribution >= 4 is 12.0 Å². The Balaban J connectivity index is 2.97. The van der Waals surface area contributed by atoms with Crippen LogP contribution in [0.5, 0.6) is 0 Å². The molecule has 9 heavy (non-hydrogen) atoms. The molecule has 3 nitrogen and oxygen atoms in total. The predicted molar refractivity (Wildman–Crippen MR) is 32.2 cm³/mol. The molecule has 0 spiro atoms. The van der Waals surface area contributed by atoms with Gasteiger partial charge in [-0.1, -0.05) is 0 Å². The molecule has 0 amide bonds. The first-order valence-corrected chi connectivity index (χ1v) is 2.41. The summed E-state index contributed by atoms with van der Waals surface area (Å²) in [5.74, 6) is 1.98. The van der Waals surface area contributed by atoms with Crippen LogP contribution in [-0.4, -0.2) is 15.9 Å². The standard InChI is InChI=1S/C6H4N2O/c9-5-2-6-7-3-1-4-8-6/h1-4H. The van der Waals surface area contributed by atoms with Crippen LogP contribution in [0, 0.1) is 0 Å². The average molecular weight is 120 g/mol. The molecule has 1 aromatic heterocycles. The second-order valence-corrected chi connectivity index (χ2v) is 1.37. The van der Waals surface area contributed by atoms with Crippen molar-refractivity contribution in [3.63, 3.8) is 0 Å². The minimum atomic E-state index is 0.396. The molecule has 0 fully saturated rings. The average Bonchev–Trinajstić information content (AvgIpc) is 1.91. The molecule has 0 radical (unpaired) electrons. The van der Waals surface area contributed by atoms with Gasteiger partial charge < -0.3 is 0 Å². The molecule has 3 heteroatoms. The van der Waals surface area contributed by atoms with Gasteiger partial charge in [0.2, 0.25) is 0 Å². The van der Waals surface area contributed by atoms with Crippen molar-refractivity contribution in [2.75, 3.05) is 0 Å². The molecule has 0 unspecified atom stereocenters. The Morgan fingerprint density at radius 1 is 1.44 bits per heavy atom. The summed E-state index contributed by atoms with van der Waals surface area (Å²) in [5, 5.41) is 0. The molecule has 0 aliphatic heterocycles. The maximum absolute atomic E-state index is 9.71. The smallest absolute Gasteiger partial charge is 0.162 e. The fraction of sp³-hybridized carbons (Fsp3) is 0. The van der Waals surface area contributed by atoms with Crippen LogP contribution in [0.1, 0.15) is 5.82 Å². The number of aromatic nitrogens is 2. The Labute approximate surface area is 52.1 Å². The van der Waals surface area contributed by atoms with Gasteiger partial charge in [0, 0.05) is 12.4 Å². The van der Waals surface area contributed by atoms with Crippen molar-refractivity contribution < 1.29 is 4.79 Å². The van der Waals surface area contributed by atoms with Crippen LogP contribution in [-0.2, 0) is 4.79 Å². The van der Waals surface area contributed by atoms with Crippen LogP contribution >= 0.6 is 0 Å².